The van der Waals surface area contributed by atoms with Crippen molar-refractivity contribution in [2.45, 2.75) is 6.54 Å². The van der Waals surface area contributed by atoms with Gasteiger partial charge < -0.3 is 10.3 Å². The normalized spacial score (nSPS) is 10.9. The van der Waals surface area contributed by atoms with Crippen LogP contribution < -0.4 is 5.32 Å². The van der Waals surface area contributed by atoms with Crippen LogP contribution in [0, 0.1) is 5.82 Å². The molecule has 0 bridgehead atoms. The Kier molecular flexibility index (Phi) is 3.63. The molecule has 0 saturated carbocycles. The van der Waals surface area contributed by atoms with Gasteiger partial charge in [-0.05, 0) is 35.9 Å². The average Bonchev–Trinajstić information content (AvgIpc) is 3.09. The molecule has 4 rings (SSSR count). The third kappa shape index (κ3) is 2.81. The fourth-order valence-corrected chi connectivity index (χ4v) is 2.61. The monoisotopic (exact) mass is 319 g/mol. The van der Waals surface area contributed by atoms with Crippen molar-refractivity contribution in [1.29, 1.82) is 0 Å². The molecule has 0 aliphatic rings. The highest BCUT2D eigenvalue weighted by Crippen LogP contribution is 2.25. The molecular formula is C18H14FN5. The highest BCUT2D eigenvalue weighted by atomic mass is 19.1. The summed E-state index contributed by atoms with van der Waals surface area (Å²) in [6.07, 6.45) is 5.30. The zero-order valence-electron chi connectivity index (χ0n) is 12.7. The molecule has 4 aromatic rings. The van der Waals surface area contributed by atoms with Crippen molar-refractivity contribution in [3.63, 3.8) is 0 Å². The molecule has 24 heavy (non-hydrogen) atoms. The van der Waals surface area contributed by atoms with Crippen molar-refractivity contribution >= 4 is 17.0 Å². The van der Waals surface area contributed by atoms with Gasteiger partial charge in [-0.15, -0.1) is 0 Å². The molecule has 3 heterocycles. The summed E-state index contributed by atoms with van der Waals surface area (Å²) in [6, 6.07) is 12.2. The topological polar surface area (TPSA) is 66.5 Å². The zero-order valence-corrected chi connectivity index (χ0v) is 12.7. The minimum Gasteiger partial charge on any atom is -0.350 e. The maximum absolute atomic E-state index is 13.2. The largest absolute Gasteiger partial charge is 0.350 e. The van der Waals surface area contributed by atoms with Crippen molar-refractivity contribution < 1.29 is 4.39 Å². The molecule has 2 N–H and O–H groups in total. The third-order valence-corrected chi connectivity index (χ3v) is 3.73. The molecule has 118 valence electrons. The highest BCUT2D eigenvalue weighted by Gasteiger charge is 2.08. The Morgan fingerprint density at radius 2 is 1.96 bits per heavy atom. The molecule has 3 aromatic heterocycles. The van der Waals surface area contributed by atoms with Crippen LogP contribution in [0.1, 0.15) is 5.56 Å². The second kappa shape index (κ2) is 6.08. The number of pyridine rings is 1. The molecule has 1 aromatic carbocycles. The summed E-state index contributed by atoms with van der Waals surface area (Å²) >= 11 is 0. The average molecular weight is 319 g/mol. The fourth-order valence-electron chi connectivity index (χ4n) is 2.61. The van der Waals surface area contributed by atoms with Crippen LogP contribution in [0.15, 0.2) is 61.1 Å². The number of aromatic amines is 1. The molecular weight excluding hydrogens is 305 g/mol. The number of rotatable bonds is 4. The number of H-pyrrole nitrogens is 1. The number of anilines is 1. The van der Waals surface area contributed by atoms with E-state index in [1.54, 1.807) is 18.5 Å². The van der Waals surface area contributed by atoms with Crippen LogP contribution in [0.4, 0.5) is 10.3 Å². The van der Waals surface area contributed by atoms with E-state index >= 15 is 0 Å². The first kappa shape index (κ1) is 14.3. The third-order valence-electron chi connectivity index (χ3n) is 3.73. The van der Waals surface area contributed by atoms with Crippen molar-refractivity contribution in [3.05, 3.63) is 72.4 Å². The van der Waals surface area contributed by atoms with Gasteiger partial charge >= 0.3 is 0 Å². The number of nitrogens with one attached hydrogen (secondary N) is 2. The molecule has 0 aliphatic heterocycles. The maximum Gasteiger partial charge on any atom is 0.223 e. The number of nitrogens with zero attached hydrogens (tertiary/aromatic N) is 3. The Morgan fingerprint density at radius 3 is 2.88 bits per heavy atom. The minimum absolute atomic E-state index is 0.254. The van der Waals surface area contributed by atoms with Gasteiger partial charge in [0.2, 0.25) is 5.95 Å². The van der Waals surface area contributed by atoms with Gasteiger partial charge in [-0.3, -0.25) is 0 Å². The second-order valence-corrected chi connectivity index (χ2v) is 5.35. The SMILES string of the molecule is Fc1cccc(CNc2nccc(-c3ccnc4[nH]ccc34)n2)c1. The predicted molar refractivity (Wildman–Crippen MR) is 90.8 cm³/mol. The van der Waals surface area contributed by atoms with Gasteiger partial charge in [0.1, 0.15) is 11.5 Å². The van der Waals surface area contributed by atoms with Crippen LogP contribution in [0.3, 0.4) is 0 Å². The lowest BCUT2D eigenvalue weighted by Gasteiger charge is -2.07. The van der Waals surface area contributed by atoms with E-state index in [4.69, 9.17) is 0 Å². The van der Waals surface area contributed by atoms with Crippen LogP contribution in [0.5, 0.6) is 0 Å². The summed E-state index contributed by atoms with van der Waals surface area (Å²) in [7, 11) is 0. The van der Waals surface area contributed by atoms with E-state index in [0.717, 1.165) is 27.9 Å². The van der Waals surface area contributed by atoms with E-state index in [1.807, 2.05) is 30.5 Å². The molecule has 0 atom stereocenters. The summed E-state index contributed by atoms with van der Waals surface area (Å²) < 4.78 is 13.2. The van der Waals surface area contributed by atoms with Crippen LogP contribution >= 0.6 is 0 Å². The minimum atomic E-state index is -0.254. The van der Waals surface area contributed by atoms with E-state index in [9.17, 15) is 4.39 Å². The Hall–Kier alpha value is -3.28. The summed E-state index contributed by atoms with van der Waals surface area (Å²) in [5.74, 6) is 0.243. The standard InChI is InChI=1S/C18H14FN5/c19-13-3-1-2-12(10-13)11-23-18-22-9-6-16(24-18)14-4-7-20-17-15(14)5-8-21-17/h1-10H,11H2,(H,20,21)(H,22,23,24). The van der Waals surface area contributed by atoms with Gasteiger partial charge in [0.15, 0.2) is 0 Å². The van der Waals surface area contributed by atoms with Gasteiger partial charge in [-0.1, -0.05) is 12.1 Å². The van der Waals surface area contributed by atoms with Crippen LogP contribution in [0.2, 0.25) is 0 Å². The zero-order chi connectivity index (χ0) is 16.4. The molecule has 5 nitrogen and oxygen atoms in total. The molecule has 0 amide bonds. The second-order valence-electron chi connectivity index (χ2n) is 5.35. The predicted octanol–water partition coefficient (Wildman–Crippen LogP) is 3.77. The van der Waals surface area contributed by atoms with E-state index in [0.29, 0.717) is 12.5 Å². The number of hydrogen-bond acceptors (Lipinski definition) is 4. The van der Waals surface area contributed by atoms with Crippen LogP contribution in [0.25, 0.3) is 22.3 Å². The van der Waals surface area contributed by atoms with Crippen LogP contribution in [-0.4, -0.2) is 19.9 Å². The van der Waals surface area contributed by atoms with Crippen molar-refractivity contribution in [1.82, 2.24) is 19.9 Å². The molecule has 0 aliphatic carbocycles. The molecule has 0 unspecified atom stereocenters. The molecule has 0 radical (unpaired) electrons. The molecule has 0 spiro atoms. The summed E-state index contributed by atoms with van der Waals surface area (Å²) in [4.78, 5) is 16.2. The maximum atomic E-state index is 13.2. The first-order valence-corrected chi connectivity index (χ1v) is 7.53. The lowest BCUT2D eigenvalue weighted by molar-refractivity contribution is 0.626. The Labute approximate surface area is 137 Å². The summed E-state index contributed by atoms with van der Waals surface area (Å²) in [5.41, 5.74) is 3.44. The van der Waals surface area contributed by atoms with Gasteiger partial charge in [-0.2, -0.15) is 0 Å². The lowest BCUT2D eigenvalue weighted by atomic mass is 10.1. The smallest absolute Gasteiger partial charge is 0.223 e. The highest BCUT2D eigenvalue weighted by molar-refractivity contribution is 5.91. The Balaban J connectivity index is 1.61. The Morgan fingerprint density at radius 1 is 1.04 bits per heavy atom. The van der Waals surface area contributed by atoms with Gasteiger partial charge in [0.25, 0.3) is 0 Å². The first-order chi connectivity index (χ1) is 11.8. The molecule has 0 fully saturated rings. The number of halogens is 1. The van der Waals surface area contributed by atoms with Crippen LogP contribution in [-0.2, 0) is 6.54 Å². The summed E-state index contributed by atoms with van der Waals surface area (Å²) in [5, 5.41) is 4.13. The quantitative estimate of drug-likeness (QED) is 0.601. The number of benzene rings is 1. The number of hydrogen-bond donors (Lipinski definition) is 2. The van der Waals surface area contributed by atoms with Gasteiger partial charge in [0, 0.05) is 36.1 Å². The fraction of sp³-hybridized carbons (Fsp3) is 0.0556. The van der Waals surface area contributed by atoms with Crippen molar-refractivity contribution in [2.24, 2.45) is 0 Å². The Bertz CT molecular complexity index is 995. The first-order valence-electron chi connectivity index (χ1n) is 7.53. The van der Waals surface area contributed by atoms with E-state index < -0.39 is 0 Å². The van der Waals surface area contributed by atoms with Gasteiger partial charge in [0.05, 0.1) is 5.69 Å². The summed E-state index contributed by atoms with van der Waals surface area (Å²) in [6.45, 7) is 0.455. The number of aromatic nitrogens is 4. The van der Waals surface area contributed by atoms with Crippen molar-refractivity contribution in [3.8, 4) is 11.3 Å². The molecule has 0 saturated heterocycles. The lowest BCUT2D eigenvalue weighted by Crippen LogP contribution is -2.04. The van der Waals surface area contributed by atoms with E-state index in [-0.39, 0.29) is 5.82 Å². The van der Waals surface area contributed by atoms with E-state index in [2.05, 4.69) is 25.3 Å². The van der Waals surface area contributed by atoms with E-state index in [1.165, 1.54) is 12.1 Å². The van der Waals surface area contributed by atoms with Crippen molar-refractivity contribution in [2.75, 3.05) is 5.32 Å². The number of fused-ring (bicyclic) bond motifs is 1. The molecule has 6 heteroatoms. The van der Waals surface area contributed by atoms with Gasteiger partial charge in [-0.25, -0.2) is 19.3 Å².